The lowest BCUT2D eigenvalue weighted by Gasteiger charge is -2.28. The van der Waals surface area contributed by atoms with Gasteiger partial charge in [-0.1, -0.05) is 35.0 Å². The molecule has 0 atom stereocenters. The number of carbonyl (C=O) groups excluding carboxylic acids is 1. The highest BCUT2D eigenvalue weighted by molar-refractivity contribution is 9.10. The van der Waals surface area contributed by atoms with Crippen LogP contribution in [0.5, 0.6) is 0 Å². The van der Waals surface area contributed by atoms with Crippen molar-refractivity contribution in [3.05, 3.63) is 33.6 Å². The van der Waals surface area contributed by atoms with Gasteiger partial charge in [0.1, 0.15) is 6.61 Å². The highest BCUT2D eigenvalue weighted by Crippen LogP contribution is 2.38. The van der Waals surface area contributed by atoms with E-state index in [0.29, 0.717) is 23.8 Å². The van der Waals surface area contributed by atoms with Crippen molar-refractivity contribution in [2.75, 3.05) is 18.1 Å². The normalized spacial score (nSPS) is 15.6. The standard InChI is InChI=1S/C15H15BrN2O2S.C8H19N/c1-9-12(10-4-6-11(16)7-5-10)17-13(21-9)18-14(19)20-8-15(18,2)3;1-6-9(7(2)3)8(4)5/h4-7H,8H2,1-3H3;7-8H,6H2,1-5H3. The second kappa shape index (κ2) is 10.2. The van der Waals surface area contributed by atoms with Gasteiger partial charge in [0, 0.05) is 27.0 Å². The van der Waals surface area contributed by atoms with Crippen LogP contribution in [-0.2, 0) is 4.74 Å². The number of cyclic esters (lactones) is 1. The zero-order valence-electron chi connectivity index (χ0n) is 19.3. The molecule has 2 aromatic rings. The van der Waals surface area contributed by atoms with Crippen LogP contribution in [0.4, 0.5) is 9.93 Å². The lowest BCUT2D eigenvalue weighted by atomic mass is 10.1. The molecule has 5 nitrogen and oxygen atoms in total. The molecule has 30 heavy (non-hydrogen) atoms. The topological polar surface area (TPSA) is 45.7 Å². The van der Waals surface area contributed by atoms with Gasteiger partial charge in [0.15, 0.2) is 5.13 Å². The van der Waals surface area contributed by atoms with E-state index in [-0.39, 0.29) is 11.6 Å². The lowest BCUT2D eigenvalue weighted by Crippen LogP contribution is -2.42. The van der Waals surface area contributed by atoms with Crippen LogP contribution in [0, 0.1) is 6.92 Å². The molecule has 0 saturated carbocycles. The third-order valence-corrected chi connectivity index (χ3v) is 6.61. The third-order valence-electron chi connectivity index (χ3n) is 5.12. The van der Waals surface area contributed by atoms with E-state index in [1.807, 2.05) is 45.0 Å². The van der Waals surface area contributed by atoms with Crippen molar-refractivity contribution < 1.29 is 9.53 Å². The van der Waals surface area contributed by atoms with Crippen molar-refractivity contribution in [3.63, 3.8) is 0 Å². The van der Waals surface area contributed by atoms with Gasteiger partial charge >= 0.3 is 6.09 Å². The summed E-state index contributed by atoms with van der Waals surface area (Å²) in [6.07, 6.45) is -0.323. The Morgan fingerprint density at radius 2 is 1.77 bits per heavy atom. The van der Waals surface area contributed by atoms with Crippen molar-refractivity contribution in [3.8, 4) is 11.3 Å². The highest BCUT2D eigenvalue weighted by atomic mass is 79.9. The number of anilines is 1. The van der Waals surface area contributed by atoms with E-state index in [2.05, 4.69) is 60.4 Å². The Kier molecular flexibility index (Phi) is 8.48. The Balaban J connectivity index is 0.000000303. The van der Waals surface area contributed by atoms with Crippen LogP contribution in [0.2, 0.25) is 0 Å². The molecule has 2 heterocycles. The Morgan fingerprint density at radius 1 is 1.20 bits per heavy atom. The summed E-state index contributed by atoms with van der Waals surface area (Å²) in [5, 5.41) is 0.693. The number of nitrogens with zero attached hydrogens (tertiary/aromatic N) is 3. The predicted molar refractivity (Wildman–Crippen MR) is 131 cm³/mol. The molecular formula is C23H34BrN3O2S. The smallest absolute Gasteiger partial charge is 0.416 e. The fourth-order valence-corrected chi connectivity index (χ4v) is 4.98. The summed E-state index contributed by atoms with van der Waals surface area (Å²) >= 11 is 4.95. The van der Waals surface area contributed by atoms with Gasteiger partial charge in [0.05, 0.1) is 11.2 Å². The number of aromatic nitrogens is 1. The van der Waals surface area contributed by atoms with E-state index in [4.69, 9.17) is 4.74 Å². The molecule has 1 fully saturated rings. The number of aryl methyl sites for hydroxylation is 1. The van der Waals surface area contributed by atoms with E-state index < -0.39 is 0 Å². The lowest BCUT2D eigenvalue weighted by molar-refractivity contribution is 0.175. The van der Waals surface area contributed by atoms with Crippen LogP contribution in [0.15, 0.2) is 28.7 Å². The summed E-state index contributed by atoms with van der Waals surface area (Å²) in [6, 6.07) is 9.39. The molecule has 0 aliphatic carbocycles. The maximum Gasteiger partial charge on any atom is 0.416 e. The molecule has 1 saturated heterocycles. The number of benzene rings is 1. The minimum Gasteiger partial charge on any atom is -0.447 e. The first-order valence-corrected chi connectivity index (χ1v) is 12.0. The molecular weight excluding hydrogens is 462 g/mol. The first kappa shape index (κ1) is 24.8. The molecule has 0 bridgehead atoms. The van der Waals surface area contributed by atoms with Gasteiger partial charge in [-0.15, -0.1) is 11.3 Å². The molecule has 1 aromatic heterocycles. The van der Waals surface area contributed by atoms with Crippen molar-refractivity contribution in [1.29, 1.82) is 0 Å². The second-order valence-corrected chi connectivity index (χ2v) is 10.7. The molecule has 1 aliphatic rings. The summed E-state index contributed by atoms with van der Waals surface area (Å²) in [7, 11) is 0. The first-order chi connectivity index (χ1) is 14.0. The van der Waals surface area contributed by atoms with Gasteiger partial charge in [-0.2, -0.15) is 0 Å². The molecule has 0 radical (unpaired) electrons. The summed E-state index contributed by atoms with van der Waals surface area (Å²) in [6.45, 7) is 18.7. The van der Waals surface area contributed by atoms with E-state index in [1.54, 1.807) is 4.90 Å². The predicted octanol–water partition coefficient (Wildman–Crippen LogP) is 6.74. The number of carbonyl (C=O) groups is 1. The number of amides is 1. The summed E-state index contributed by atoms with van der Waals surface area (Å²) in [5.41, 5.74) is 1.60. The fraction of sp³-hybridized carbons (Fsp3) is 0.565. The van der Waals surface area contributed by atoms with E-state index in [1.165, 1.54) is 11.3 Å². The van der Waals surface area contributed by atoms with Crippen LogP contribution < -0.4 is 4.90 Å². The molecule has 3 rings (SSSR count). The Labute approximate surface area is 193 Å². The van der Waals surface area contributed by atoms with E-state index >= 15 is 0 Å². The van der Waals surface area contributed by atoms with E-state index in [0.717, 1.165) is 27.2 Å². The van der Waals surface area contributed by atoms with Gasteiger partial charge in [0.25, 0.3) is 0 Å². The number of thiazole rings is 1. The number of hydrogen-bond donors (Lipinski definition) is 0. The third kappa shape index (κ3) is 5.83. The minimum absolute atomic E-state index is 0.323. The summed E-state index contributed by atoms with van der Waals surface area (Å²) < 4.78 is 6.18. The number of hydrogen-bond acceptors (Lipinski definition) is 5. The number of halogens is 1. The average Bonchev–Trinajstić information content (AvgIpc) is 3.14. The van der Waals surface area contributed by atoms with Crippen LogP contribution in [0.1, 0.15) is 53.3 Å². The van der Waals surface area contributed by atoms with Crippen LogP contribution in [-0.4, -0.2) is 46.8 Å². The molecule has 0 unspecified atom stereocenters. The number of rotatable bonds is 5. The van der Waals surface area contributed by atoms with Crippen molar-refractivity contribution >= 4 is 38.5 Å². The van der Waals surface area contributed by atoms with Gasteiger partial charge in [-0.25, -0.2) is 14.7 Å². The second-order valence-electron chi connectivity index (χ2n) is 8.63. The zero-order valence-corrected chi connectivity index (χ0v) is 21.7. The van der Waals surface area contributed by atoms with Crippen molar-refractivity contribution in [1.82, 2.24) is 9.88 Å². The first-order valence-electron chi connectivity index (χ1n) is 10.4. The van der Waals surface area contributed by atoms with Gasteiger partial charge in [-0.3, -0.25) is 4.90 Å². The molecule has 166 valence electrons. The number of ether oxygens (including phenoxy) is 1. The molecule has 1 aromatic carbocycles. The minimum atomic E-state index is -0.363. The monoisotopic (exact) mass is 495 g/mol. The summed E-state index contributed by atoms with van der Waals surface area (Å²) in [5.74, 6) is 0. The van der Waals surface area contributed by atoms with E-state index in [9.17, 15) is 4.79 Å². The highest BCUT2D eigenvalue weighted by Gasteiger charge is 2.42. The molecule has 0 spiro atoms. The molecule has 0 N–H and O–H groups in total. The average molecular weight is 497 g/mol. The molecule has 7 heteroatoms. The quantitative estimate of drug-likeness (QED) is 0.460. The summed E-state index contributed by atoms with van der Waals surface area (Å²) in [4.78, 5) is 21.8. The Hall–Kier alpha value is -1.44. The Bertz CT molecular complexity index is 839. The maximum atomic E-state index is 12.0. The molecule has 1 aliphatic heterocycles. The SMILES string of the molecule is CCN(C(C)C)C(C)C.Cc1sc(N2C(=O)OCC2(C)C)nc1-c1ccc(Br)cc1. The maximum absolute atomic E-state index is 12.0. The van der Waals surface area contributed by atoms with Crippen LogP contribution in [0.3, 0.4) is 0 Å². The van der Waals surface area contributed by atoms with Crippen molar-refractivity contribution in [2.45, 2.75) is 73.0 Å². The Morgan fingerprint density at radius 3 is 2.17 bits per heavy atom. The van der Waals surface area contributed by atoms with Crippen LogP contribution >= 0.6 is 27.3 Å². The molecule has 1 amide bonds. The van der Waals surface area contributed by atoms with Gasteiger partial charge < -0.3 is 4.74 Å². The van der Waals surface area contributed by atoms with Crippen LogP contribution in [0.25, 0.3) is 11.3 Å². The largest absolute Gasteiger partial charge is 0.447 e. The van der Waals surface area contributed by atoms with Gasteiger partial charge in [0.2, 0.25) is 0 Å². The zero-order chi connectivity index (χ0) is 22.6. The van der Waals surface area contributed by atoms with Gasteiger partial charge in [-0.05, 0) is 67.1 Å². The fourth-order valence-electron chi connectivity index (χ4n) is 3.63. The van der Waals surface area contributed by atoms with Crippen molar-refractivity contribution in [2.24, 2.45) is 0 Å².